The van der Waals surface area contributed by atoms with Crippen LogP contribution in [0.15, 0.2) is 46.6 Å². The number of aryl methyl sites for hydroxylation is 1. The van der Waals surface area contributed by atoms with Crippen LogP contribution in [0.1, 0.15) is 5.82 Å². The van der Waals surface area contributed by atoms with Crippen molar-refractivity contribution in [1.29, 1.82) is 0 Å². The molecule has 0 unspecified atom stereocenters. The van der Waals surface area contributed by atoms with E-state index in [-0.39, 0.29) is 0 Å². The highest BCUT2D eigenvalue weighted by molar-refractivity contribution is 7.99. The average molecular weight is 257 g/mol. The van der Waals surface area contributed by atoms with Crippen LogP contribution in [0.5, 0.6) is 0 Å². The summed E-state index contributed by atoms with van der Waals surface area (Å²) < 4.78 is 1.92. The van der Waals surface area contributed by atoms with E-state index in [0.29, 0.717) is 0 Å². The molecule has 6 heteroatoms. The lowest BCUT2D eigenvalue weighted by Gasteiger charge is -2.02. The molecule has 3 rings (SSSR count). The smallest absolute Gasteiger partial charge is 0.193 e. The zero-order valence-corrected chi connectivity index (χ0v) is 10.6. The van der Waals surface area contributed by atoms with Crippen LogP contribution in [0.3, 0.4) is 0 Å². The summed E-state index contributed by atoms with van der Waals surface area (Å²) in [5.74, 6) is 0.853. The highest BCUT2D eigenvalue weighted by Gasteiger charge is 2.08. The number of nitrogen functional groups attached to an aromatic ring is 1. The van der Waals surface area contributed by atoms with Crippen LogP contribution in [0, 0.1) is 6.92 Å². The molecule has 0 radical (unpaired) electrons. The molecular formula is C12H11N5S. The molecule has 0 atom stereocenters. The summed E-state index contributed by atoms with van der Waals surface area (Å²) in [6.07, 6.45) is 3.61. The van der Waals surface area contributed by atoms with Crippen LogP contribution in [-0.2, 0) is 0 Å². The predicted octanol–water partition coefficient (Wildman–Crippen LogP) is 2.17. The van der Waals surface area contributed by atoms with Gasteiger partial charge in [0.2, 0.25) is 0 Å². The highest BCUT2D eigenvalue weighted by atomic mass is 32.2. The Morgan fingerprint density at radius 1 is 1.17 bits per heavy atom. The Hall–Kier alpha value is -2.08. The zero-order valence-electron chi connectivity index (χ0n) is 9.74. The van der Waals surface area contributed by atoms with E-state index in [9.17, 15) is 0 Å². The van der Waals surface area contributed by atoms with Crippen molar-refractivity contribution in [3.05, 3.63) is 42.5 Å². The number of hydrogen-bond donors (Lipinski definition) is 1. The fourth-order valence-electron chi connectivity index (χ4n) is 1.64. The summed E-state index contributed by atoms with van der Waals surface area (Å²) in [7, 11) is 0. The number of aromatic nitrogens is 4. The molecule has 0 aliphatic heterocycles. The largest absolute Gasteiger partial charge is 0.399 e. The maximum absolute atomic E-state index is 5.66. The minimum absolute atomic E-state index is 0.754. The molecule has 3 aromatic rings. The molecule has 2 N–H and O–H groups in total. The minimum atomic E-state index is 0.754. The molecule has 0 spiro atoms. The van der Waals surface area contributed by atoms with Gasteiger partial charge in [0, 0.05) is 23.0 Å². The Bertz CT molecular complexity index is 689. The predicted molar refractivity (Wildman–Crippen MR) is 70.5 cm³/mol. The summed E-state index contributed by atoms with van der Waals surface area (Å²) in [6, 6.07) is 7.68. The molecule has 0 amide bonds. The van der Waals surface area contributed by atoms with E-state index < -0.39 is 0 Å². The van der Waals surface area contributed by atoms with E-state index in [1.807, 2.05) is 41.8 Å². The van der Waals surface area contributed by atoms with E-state index in [2.05, 4.69) is 15.2 Å². The van der Waals surface area contributed by atoms with E-state index >= 15 is 0 Å². The van der Waals surface area contributed by atoms with Gasteiger partial charge in [0.15, 0.2) is 5.65 Å². The standard InChI is InChI=1S/C12H11N5S/c1-8-15-16-11-12(14-6-7-17(8)11)18-10-4-2-9(13)3-5-10/h2-7H,13H2,1H3. The SMILES string of the molecule is Cc1nnc2c(Sc3ccc(N)cc3)nccn12. The van der Waals surface area contributed by atoms with Gasteiger partial charge in [-0.1, -0.05) is 11.8 Å². The lowest BCUT2D eigenvalue weighted by molar-refractivity contribution is 0.988. The fourth-order valence-corrected chi connectivity index (χ4v) is 2.48. The Balaban J connectivity index is 2.02. The maximum atomic E-state index is 5.66. The quantitative estimate of drug-likeness (QED) is 0.712. The van der Waals surface area contributed by atoms with Crippen LogP contribution in [0.25, 0.3) is 5.65 Å². The summed E-state index contributed by atoms with van der Waals surface area (Å²) in [5.41, 5.74) is 7.19. The van der Waals surface area contributed by atoms with Gasteiger partial charge in [-0.05, 0) is 31.2 Å². The average Bonchev–Trinajstić information content (AvgIpc) is 2.76. The van der Waals surface area contributed by atoms with Gasteiger partial charge in [-0.3, -0.25) is 4.40 Å². The summed E-state index contributed by atoms with van der Waals surface area (Å²) in [6.45, 7) is 1.91. The molecule has 18 heavy (non-hydrogen) atoms. The summed E-state index contributed by atoms with van der Waals surface area (Å²) in [5, 5.41) is 9.02. The van der Waals surface area contributed by atoms with Gasteiger partial charge in [0.1, 0.15) is 10.9 Å². The lowest BCUT2D eigenvalue weighted by atomic mass is 10.3. The molecule has 0 fully saturated rings. The van der Waals surface area contributed by atoms with Crippen molar-refractivity contribution in [2.45, 2.75) is 16.8 Å². The second-order valence-corrected chi connectivity index (χ2v) is 4.91. The van der Waals surface area contributed by atoms with Gasteiger partial charge in [-0.15, -0.1) is 10.2 Å². The number of rotatable bonds is 2. The van der Waals surface area contributed by atoms with Gasteiger partial charge in [-0.2, -0.15) is 0 Å². The van der Waals surface area contributed by atoms with Gasteiger partial charge >= 0.3 is 0 Å². The molecule has 5 nitrogen and oxygen atoms in total. The third kappa shape index (κ3) is 1.91. The molecule has 90 valence electrons. The number of hydrogen-bond acceptors (Lipinski definition) is 5. The van der Waals surface area contributed by atoms with E-state index in [1.165, 1.54) is 0 Å². The van der Waals surface area contributed by atoms with Gasteiger partial charge < -0.3 is 5.73 Å². The normalized spacial score (nSPS) is 10.9. The maximum Gasteiger partial charge on any atom is 0.193 e. The number of fused-ring (bicyclic) bond motifs is 1. The van der Waals surface area contributed by atoms with Gasteiger partial charge in [-0.25, -0.2) is 4.98 Å². The first-order chi connectivity index (χ1) is 8.74. The molecule has 2 heterocycles. The Kier molecular flexibility index (Phi) is 2.64. The van der Waals surface area contributed by atoms with Gasteiger partial charge in [0.25, 0.3) is 0 Å². The van der Waals surface area contributed by atoms with Crippen molar-refractivity contribution in [3.63, 3.8) is 0 Å². The third-order valence-corrected chi connectivity index (χ3v) is 3.55. The number of benzene rings is 1. The molecule has 0 aliphatic carbocycles. The molecule has 0 saturated carbocycles. The van der Waals surface area contributed by atoms with Crippen LogP contribution in [-0.4, -0.2) is 19.6 Å². The van der Waals surface area contributed by atoms with Crippen LogP contribution in [0.4, 0.5) is 5.69 Å². The van der Waals surface area contributed by atoms with Crippen molar-refractivity contribution in [2.24, 2.45) is 0 Å². The summed E-state index contributed by atoms with van der Waals surface area (Å²) >= 11 is 1.55. The van der Waals surface area contributed by atoms with Crippen LogP contribution < -0.4 is 5.73 Å². The van der Waals surface area contributed by atoms with Crippen molar-refractivity contribution in [1.82, 2.24) is 19.6 Å². The molecule has 0 bridgehead atoms. The first-order valence-corrected chi connectivity index (χ1v) is 6.25. The molecule has 0 aliphatic rings. The second-order valence-electron chi connectivity index (χ2n) is 3.84. The number of nitrogens with two attached hydrogens (primary N) is 1. The molecule has 0 saturated heterocycles. The monoisotopic (exact) mass is 257 g/mol. The van der Waals surface area contributed by atoms with E-state index in [4.69, 9.17) is 5.73 Å². The van der Waals surface area contributed by atoms with Crippen molar-refractivity contribution in [2.75, 3.05) is 5.73 Å². The van der Waals surface area contributed by atoms with Gasteiger partial charge in [0.05, 0.1) is 0 Å². The Morgan fingerprint density at radius 3 is 2.72 bits per heavy atom. The highest BCUT2D eigenvalue weighted by Crippen LogP contribution is 2.28. The molecule has 2 aromatic heterocycles. The van der Waals surface area contributed by atoms with Crippen molar-refractivity contribution < 1.29 is 0 Å². The first kappa shape index (κ1) is 11.0. The molecule has 1 aromatic carbocycles. The fraction of sp³-hybridized carbons (Fsp3) is 0.0833. The molecular weight excluding hydrogens is 246 g/mol. The van der Waals surface area contributed by atoms with Crippen molar-refractivity contribution >= 4 is 23.1 Å². The number of anilines is 1. The second kappa shape index (κ2) is 4.30. The zero-order chi connectivity index (χ0) is 12.5. The van der Waals surface area contributed by atoms with Crippen LogP contribution in [0.2, 0.25) is 0 Å². The topological polar surface area (TPSA) is 69.1 Å². The number of nitrogens with zero attached hydrogens (tertiary/aromatic N) is 4. The first-order valence-electron chi connectivity index (χ1n) is 5.44. The third-order valence-electron chi connectivity index (χ3n) is 2.56. The van der Waals surface area contributed by atoms with E-state index in [1.54, 1.807) is 18.0 Å². The lowest BCUT2D eigenvalue weighted by Crippen LogP contribution is -1.91. The Labute approximate surface area is 108 Å². The minimum Gasteiger partial charge on any atom is -0.399 e. The van der Waals surface area contributed by atoms with Crippen LogP contribution >= 0.6 is 11.8 Å². The van der Waals surface area contributed by atoms with Crippen molar-refractivity contribution in [3.8, 4) is 0 Å². The summed E-state index contributed by atoms with van der Waals surface area (Å²) in [4.78, 5) is 5.42. The Morgan fingerprint density at radius 2 is 1.94 bits per heavy atom. The van der Waals surface area contributed by atoms with E-state index in [0.717, 1.165) is 27.1 Å².